The summed E-state index contributed by atoms with van der Waals surface area (Å²) in [5.41, 5.74) is 1.75. The molecular formula is C9H8Br2O. The van der Waals surface area contributed by atoms with E-state index < -0.39 is 0 Å². The molecule has 1 atom stereocenters. The molecule has 1 aromatic rings. The molecule has 0 heterocycles. The Bertz CT molecular complexity index is 295. The smallest absolute Gasteiger partial charge is 0.150 e. The maximum absolute atomic E-state index is 10.6. The molecule has 0 aliphatic heterocycles. The van der Waals surface area contributed by atoms with Gasteiger partial charge in [0.15, 0.2) is 0 Å². The predicted molar refractivity (Wildman–Crippen MR) is 56.9 cm³/mol. The van der Waals surface area contributed by atoms with E-state index in [0.29, 0.717) is 0 Å². The first-order valence-corrected chi connectivity index (χ1v) is 5.24. The van der Waals surface area contributed by atoms with Crippen molar-refractivity contribution in [1.29, 1.82) is 0 Å². The number of carbonyl (C=O) groups excluding carboxylic acids is 1. The Labute approximate surface area is 88.4 Å². The van der Waals surface area contributed by atoms with Crippen molar-refractivity contribution >= 4 is 38.1 Å². The van der Waals surface area contributed by atoms with E-state index in [1.54, 1.807) is 0 Å². The van der Waals surface area contributed by atoms with Crippen LogP contribution < -0.4 is 0 Å². The van der Waals surface area contributed by atoms with E-state index in [-0.39, 0.29) is 4.83 Å². The Hall–Kier alpha value is -0.150. The molecule has 1 rings (SSSR count). The number of rotatable bonds is 2. The highest BCUT2D eigenvalue weighted by Gasteiger charge is 2.06. The van der Waals surface area contributed by atoms with Gasteiger partial charge in [-0.05, 0) is 24.6 Å². The van der Waals surface area contributed by atoms with Gasteiger partial charge in [-0.1, -0.05) is 37.9 Å². The third-order valence-corrected chi connectivity index (χ3v) is 2.59. The number of hydrogen-bond donors (Lipinski definition) is 0. The molecule has 0 N–H and O–H groups in total. The number of alkyl halides is 1. The third kappa shape index (κ3) is 2.17. The lowest BCUT2D eigenvalue weighted by Crippen LogP contribution is -1.92. The summed E-state index contributed by atoms with van der Waals surface area (Å²) in [7, 11) is 0. The van der Waals surface area contributed by atoms with Crippen LogP contribution in [0.4, 0.5) is 0 Å². The molecule has 0 aliphatic rings. The Balaban J connectivity index is 3.20. The first-order valence-electron chi connectivity index (χ1n) is 3.54. The quantitative estimate of drug-likeness (QED) is 0.600. The van der Waals surface area contributed by atoms with Crippen LogP contribution in [0.3, 0.4) is 0 Å². The number of aldehydes is 1. The SMILES string of the molecule is CC(Br)c1ccc(Br)cc1C=O. The molecule has 0 saturated carbocycles. The highest BCUT2D eigenvalue weighted by molar-refractivity contribution is 9.10. The number of halogens is 2. The summed E-state index contributed by atoms with van der Waals surface area (Å²) in [6.45, 7) is 2.00. The molecule has 0 saturated heterocycles. The lowest BCUT2D eigenvalue weighted by molar-refractivity contribution is 0.112. The summed E-state index contributed by atoms with van der Waals surface area (Å²) < 4.78 is 0.932. The van der Waals surface area contributed by atoms with Crippen LogP contribution in [0.15, 0.2) is 22.7 Å². The molecule has 0 amide bonds. The lowest BCUT2D eigenvalue weighted by Gasteiger charge is -2.06. The zero-order chi connectivity index (χ0) is 9.14. The van der Waals surface area contributed by atoms with E-state index in [1.165, 1.54) is 0 Å². The Morgan fingerprint density at radius 1 is 1.50 bits per heavy atom. The molecule has 0 bridgehead atoms. The molecule has 12 heavy (non-hydrogen) atoms. The number of hydrogen-bond acceptors (Lipinski definition) is 1. The monoisotopic (exact) mass is 290 g/mol. The zero-order valence-electron chi connectivity index (χ0n) is 6.55. The largest absolute Gasteiger partial charge is 0.298 e. The van der Waals surface area contributed by atoms with Crippen molar-refractivity contribution in [3.63, 3.8) is 0 Å². The summed E-state index contributed by atoms with van der Waals surface area (Å²) in [5.74, 6) is 0. The van der Waals surface area contributed by atoms with Gasteiger partial charge in [-0.15, -0.1) is 0 Å². The van der Waals surface area contributed by atoms with Crippen molar-refractivity contribution in [1.82, 2.24) is 0 Å². The Morgan fingerprint density at radius 3 is 2.67 bits per heavy atom. The van der Waals surface area contributed by atoms with Gasteiger partial charge in [0.05, 0.1) is 0 Å². The molecule has 0 fully saturated rings. The maximum atomic E-state index is 10.6. The van der Waals surface area contributed by atoms with Crippen LogP contribution in [0.5, 0.6) is 0 Å². The van der Waals surface area contributed by atoms with Gasteiger partial charge in [0.25, 0.3) is 0 Å². The Kier molecular flexibility index (Phi) is 3.47. The fourth-order valence-electron chi connectivity index (χ4n) is 1.01. The van der Waals surface area contributed by atoms with Crippen LogP contribution in [0, 0.1) is 0 Å². The van der Waals surface area contributed by atoms with Crippen LogP contribution in [-0.4, -0.2) is 6.29 Å². The minimum absolute atomic E-state index is 0.214. The second-order valence-electron chi connectivity index (χ2n) is 2.51. The number of carbonyl (C=O) groups is 1. The van der Waals surface area contributed by atoms with Crippen LogP contribution in [-0.2, 0) is 0 Å². The molecular weight excluding hydrogens is 284 g/mol. The topological polar surface area (TPSA) is 17.1 Å². The second kappa shape index (κ2) is 4.19. The van der Waals surface area contributed by atoms with Gasteiger partial charge < -0.3 is 0 Å². The minimum atomic E-state index is 0.214. The van der Waals surface area contributed by atoms with E-state index in [0.717, 1.165) is 21.9 Å². The van der Waals surface area contributed by atoms with Crippen LogP contribution in [0.25, 0.3) is 0 Å². The molecule has 0 aliphatic carbocycles. The molecule has 0 aromatic heterocycles. The minimum Gasteiger partial charge on any atom is -0.298 e. The zero-order valence-corrected chi connectivity index (χ0v) is 9.72. The standard InChI is InChI=1S/C9H8Br2O/c1-6(10)9-3-2-8(11)4-7(9)5-12/h2-6H,1H3. The fraction of sp³-hybridized carbons (Fsp3) is 0.222. The molecule has 1 nitrogen and oxygen atoms in total. The van der Waals surface area contributed by atoms with E-state index in [4.69, 9.17) is 0 Å². The molecule has 1 aromatic carbocycles. The summed E-state index contributed by atoms with van der Waals surface area (Å²) in [5, 5.41) is 0. The van der Waals surface area contributed by atoms with Gasteiger partial charge in [0.2, 0.25) is 0 Å². The van der Waals surface area contributed by atoms with Gasteiger partial charge >= 0.3 is 0 Å². The summed E-state index contributed by atoms with van der Waals surface area (Å²) in [4.78, 5) is 10.9. The number of benzene rings is 1. The maximum Gasteiger partial charge on any atom is 0.150 e. The van der Waals surface area contributed by atoms with Crippen molar-refractivity contribution in [2.45, 2.75) is 11.8 Å². The first-order chi connectivity index (χ1) is 5.65. The normalized spacial score (nSPS) is 12.6. The lowest BCUT2D eigenvalue weighted by atomic mass is 10.1. The molecule has 1 unspecified atom stereocenters. The average Bonchev–Trinajstić information content (AvgIpc) is 2.03. The molecule has 64 valence electrons. The van der Waals surface area contributed by atoms with E-state index in [1.807, 2.05) is 25.1 Å². The predicted octanol–water partition coefficient (Wildman–Crippen LogP) is 3.72. The molecule has 3 heteroatoms. The highest BCUT2D eigenvalue weighted by Crippen LogP contribution is 2.26. The highest BCUT2D eigenvalue weighted by atomic mass is 79.9. The van der Waals surface area contributed by atoms with E-state index >= 15 is 0 Å². The van der Waals surface area contributed by atoms with Crippen molar-refractivity contribution in [3.05, 3.63) is 33.8 Å². The molecule has 0 spiro atoms. The first kappa shape index (κ1) is 9.93. The van der Waals surface area contributed by atoms with Crippen molar-refractivity contribution in [3.8, 4) is 0 Å². The van der Waals surface area contributed by atoms with Gasteiger partial charge in [-0.25, -0.2) is 0 Å². The summed E-state index contributed by atoms with van der Waals surface area (Å²) >= 11 is 6.74. The Morgan fingerprint density at radius 2 is 2.17 bits per heavy atom. The third-order valence-electron chi connectivity index (χ3n) is 1.60. The van der Waals surface area contributed by atoms with Crippen molar-refractivity contribution in [2.75, 3.05) is 0 Å². The van der Waals surface area contributed by atoms with E-state index in [2.05, 4.69) is 31.9 Å². The summed E-state index contributed by atoms with van der Waals surface area (Å²) in [6.07, 6.45) is 0.873. The average molecular weight is 292 g/mol. The van der Waals surface area contributed by atoms with Crippen LogP contribution in [0.1, 0.15) is 27.7 Å². The van der Waals surface area contributed by atoms with Gasteiger partial charge in [-0.3, -0.25) is 4.79 Å². The van der Waals surface area contributed by atoms with Gasteiger partial charge in [-0.2, -0.15) is 0 Å². The van der Waals surface area contributed by atoms with E-state index in [9.17, 15) is 4.79 Å². The van der Waals surface area contributed by atoms with Gasteiger partial charge in [0, 0.05) is 14.9 Å². The van der Waals surface area contributed by atoms with Crippen molar-refractivity contribution in [2.24, 2.45) is 0 Å². The molecule has 0 radical (unpaired) electrons. The van der Waals surface area contributed by atoms with Gasteiger partial charge in [0.1, 0.15) is 6.29 Å². The van der Waals surface area contributed by atoms with Crippen LogP contribution >= 0.6 is 31.9 Å². The second-order valence-corrected chi connectivity index (χ2v) is 4.80. The fourth-order valence-corrected chi connectivity index (χ4v) is 1.81. The van der Waals surface area contributed by atoms with Crippen LogP contribution in [0.2, 0.25) is 0 Å². The summed E-state index contributed by atoms with van der Waals surface area (Å²) in [6, 6.07) is 5.69. The van der Waals surface area contributed by atoms with Crippen molar-refractivity contribution < 1.29 is 4.79 Å².